The van der Waals surface area contributed by atoms with Crippen molar-refractivity contribution in [3.63, 3.8) is 0 Å². The number of hydrogen-bond acceptors (Lipinski definition) is 2. The summed E-state index contributed by atoms with van der Waals surface area (Å²) in [7, 11) is 2.10. The molecule has 1 aliphatic rings. The van der Waals surface area contributed by atoms with Crippen molar-refractivity contribution in [3.05, 3.63) is 33.8 Å². The summed E-state index contributed by atoms with van der Waals surface area (Å²) in [6.45, 7) is 2.49. The fraction of sp³-hybridized carbons (Fsp3) is 0.500. The molecule has 0 aliphatic carbocycles. The van der Waals surface area contributed by atoms with Crippen LogP contribution in [0.15, 0.2) is 18.2 Å². The number of amides is 2. The molecular formula is C14H19Cl2N3O. The van der Waals surface area contributed by atoms with Crippen molar-refractivity contribution in [1.82, 2.24) is 15.5 Å². The molecular weight excluding hydrogens is 297 g/mol. The first-order valence-corrected chi connectivity index (χ1v) is 7.47. The summed E-state index contributed by atoms with van der Waals surface area (Å²) in [5.74, 6) is 0. The minimum atomic E-state index is -0.134. The number of nitrogens with zero attached hydrogens (tertiary/aromatic N) is 1. The van der Waals surface area contributed by atoms with E-state index in [1.54, 1.807) is 12.1 Å². The zero-order valence-corrected chi connectivity index (χ0v) is 13.0. The first-order valence-electron chi connectivity index (χ1n) is 6.71. The molecule has 1 fully saturated rings. The van der Waals surface area contributed by atoms with Crippen molar-refractivity contribution < 1.29 is 4.79 Å². The van der Waals surface area contributed by atoms with Crippen LogP contribution in [0, 0.1) is 0 Å². The predicted octanol–water partition coefficient (Wildman–Crippen LogP) is 2.89. The molecule has 1 aliphatic heterocycles. The van der Waals surface area contributed by atoms with Gasteiger partial charge in [0, 0.05) is 12.6 Å². The van der Waals surface area contributed by atoms with Gasteiger partial charge in [-0.15, -0.1) is 0 Å². The molecule has 110 valence electrons. The molecule has 0 atom stereocenters. The second kappa shape index (κ2) is 7.16. The third kappa shape index (κ3) is 4.54. The van der Waals surface area contributed by atoms with Gasteiger partial charge in [0.25, 0.3) is 0 Å². The molecule has 2 amide bonds. The van der Waals surface area contributed by atoms with E-state index in [-0.39, 0.29) is 12.1 Å². The van der Waals surface area contributed by atoms with Gasteiger partial charge in [0.2, 0.25) is 0 Å². The zero-order valence-electron chi connectivity index (χ0n) is 11.5. The molecule has 6 heteroatoms. The van der Waals surface area contributed by atoms with Gasteiger partial charge in [0.1, 0.15) is 0 Å². The Kier molecular flexibility index (Phi) is 5.52. The van der Waals surface area contributed by atoms with Crippen molar-refractivity contribution in [1.29, 1.82) is 0 Å². The third-order valence-corrected chi connectivity index (χ3v) is 4.23. The maximum absolute atomic E-state index is 11.8. The van der Waals surface area contributed by atoms with E-state index >= 15 is 0 Å². The van der Waals surface area contributed by atoms with E-state index in [2.05, 4.69) is 22.6 Å². The van der Waals surface area contributed by atoms with Crippen LogP contribution in [0.3, 0.4) is 0 Å². The number of carbonyl (C=O) groups excluding carboxylic acids is 1. The summed E-state index contributed by atoms with van der Waals surface area (Å²) < 4.78 is 0. The number of halogens is 2. The maximum atomic E-state index is 11.8. The molecule has 0 radical (unpaired) electrons. The van der Waals surface area contributed by atoms with E-state index in [9.17, 15) is 4.79 Å². The topological polar surface area (TPSA) is 44.4 Å². The second-order valence-electron chi connectivity index (χ2n) is 5.15. The number of likely N-dealkylation sites (tertiary alicyclic amines) is 1. The van der Waals surface area contributed by atoms with Gasteiger partial charge in [0.05, 0.1) is 10.0 Å². The van der Waals surface area contributed by atoms with Crippen molar-refractivity contribution in [2.24, 2.45) is 0 Å². The number of rotatable bonds is 3. The van der Waals surface area contributed by atoms with E-state index in [4.69, 9.17) is 23.2 Å². The SMILES string of the molecule is CN1CCC(NC(=O)NCc2ccc(Cl)c(Cl)c2)CC1. The van der Waals surface area contributed by atoms with Crippen LogP contribution in [0.1, 0.15) is 18.4 Å². The molecule has 1 aromatic carbocycles. The van der Waals surface area contributed by atoms with Gasteiger partial charge in [-0.2, -0.15) is 0 Å². The Morgan fingerprint density at radius 3 is 2.65 bits per heavy atom. The van der Waals surface area contributed by atoms with Crippen molar-refractivity contribution in [2.75, 3.05) is 20.1 Å². The molecule has 2 N–H and O–H groups in total. The summed E-state index contributed by atoms with van der Waals surface area (Å²) >= 11 is 11.8. The van der Waals surface area contributed by atoms with Crippen LogP contribution in [-0.2, 0) is 6.54 Å². The fourth-order valence-electron chi connectivity index (χ4n) is 2.22. The lowest BCUT2D eigenvalue weighted by molar-refractivity contribution is 0.213. The van der Waals surface area contributed by atoms with Crippen LogP contribution >= 0.6 is 23.2 Å². The number of carbonyl (C=O) groups is 1. The minimum absolute atomic E-state index is 0.134. The lowest BCUT2D eigenvalue weighted by atomic mass is 10.1. The first kappa shape index (κ1) is 15.4. The van der Waals surface area contributed by atoms with Gasteiger partial charge >= 0.3 is 6.03 Å². The Bertz CT molecular complexity index is 473. The van der Waals surface area contributed by atoms with Crippen molar-refractivity contribution >= 4 is 29.2 Å². The molecule has 1 saturated heterocycles. The summed E-state index contributed by atoms with van der Waals surface area (Å²) in [6, 6.07) is 5.48. The van der Waals surface area contributed by atoms with E-state index in [0.717, 1.165) is 31.5 Å². The molecule has 0 spiro atoms. The van der Waals surface area contributed by atoms with Crippen LogP contribution in [-0.4, -0.2) is 37.1 Å². The third-order valence-electron chi connectivity index (χ3n) is 3.49. The largest absolute Gasteiger partial charge is 0.335 e. The van der Waals surface area contributed by atoms with Crippen molar-refractivity contribution in [3.8, 4) is 0 Å². The monoisotopic (exact) mass is 315 g/mol. The first-order chi connectivity index (χ1) is 9.54. The Hall–Kier alpha value is -0.970. The van der Waals surface area contributed by atoms with Crippen LogP contribution < -0.4 is 10.6 Å². The van der Waals surface area contributed by atoms with Gasteiger partial charge in [-0.1, -0.05) is 29.3 Å². The number of piperidine rings is 1. The molecule has 4 nitrogen and oxygen atoms in total. The standard InChI is InChI=1S/C14H19Cl2N3O/c1-19-6-4-11(5-7-19)18-14(20)17-9-10-2-3-12(15)13(16)8-10/h2-3,8,11H,4-7,9H2,1H3,(H2,17,18,20). The van der Waals surface area contributed by atoms with Gasteiger partial charge in [-0.3, -0.25) is 0 Å². The average Bonchev–Trinajstić information content (AvgIpc) is 2.43. The highest BCUT2D eigenvalue weighted by Gasteiger charge is 2.18. The number of nitrogens with one attached hydrogen (secondary N) is 2. The van der Waals surface area contributed by atoms with Crippen LogP contribution in [0.4, 0.5) is 4.79 Å². The van der Waals surface area contributed by atoms with Gasteiger partial charge in [-0.05, 0) is 50.7 Å². The normalized spacial score (nSPS) is 16.9. The summed E-state index contributed by atoms with van der Waals surface area (Å²) in [5.41, 5.74) is 0.929. The number of urea groups is 1. The quantitative estimate of drug-likeness (QED) is 0.900. The van der Waals surface area contributed by atoms with Gasteiger partial charge < -0.3 is 15.5 Å². The van der Waals surface area contributed by atoms with Crippen LogP contribution in [0.25, 0.3) is 0 Å². The Labute approximate surface area is 129 Å². The van der Waals surface area contributed by atoms with Crippen molar-refractivity contribution in [2.45, 2.75) is 25.4 Å². The average molecular weight is 316 g/mol. The highest BCUT2D eigenvalue weighted by atomic mass is 35.5. The highest BCUT2D eigenvalue weighted by molar-refractivity contribution is 6.42. The van der Waals surface area contributed by atoms with E-state index < -0.39 is 0 Å². The molecule has 1 aromatic rings. The lowest BCUT2D eigenvalue weighted by Crippen LogP contribution is -2.46. The molecule has 20 heavy (non-hydrogen) atoms. The Morgan fingerprint density at radius 2 is 2.00 bits per heavy atom. The molecule has 0 unspecified atom stereocenters. The summed E-state index contributed by atoms with van der Waals surface area (Å²) in [5, 5.41) is 6.86. The second-order valence-corrected chi connectivity index (χ2v) is 5.97. The minimum Gasteiger partial charge on any atom is -0.335 e. The zero-order chi connectivity index (χ0) is 14.5. The van der Waals surface area contributed by atoms with E-state index in [0.29, 0.717) is 16.6 Å². The predicted molar refractivity (Wildman–Crippen MR) is 82.4 cm³/mol. The summed E-state index contributed by atoms with van der Waals surface area (Å²) in [6.07, 6.45) is 1.99. The lowest BCUT2D eigenvalue weighted by Gasteiger charge is -2.29. The Morgan fingerprint density at radius 1 is 1.30 bits per heavy atom. The van der Waals surface area contributed by atoms with Crippen LogP contribution in [0.2, 0.25) is 10.0 Å². The highest BCUT2D eigenvalue weighted by Crippen LogP contribution is 2.22. The molecule has 0 aromatic heterocycles. The molecule has 2 rings (SSSR count). The Balaban J connectivity index is 1.76. The smallest absolute Gasteiger partial charge is 0.315 e. The molecule has 1 heterocycles. The summed E-state index contributed by atoms with van der Waals surface area (Å²) in [4.78, 5) is 14.1. The van der Waals surface area contributed by atoms with E-state index in [1.165, 1.54) is 0 Å². The van der Waals surface area contributed by atoms with Gasteiger partial charge in [0.15, 0.2) is 0 Å². The number of hydrogen-bond donors (Lipinski definition) is 2. The maximum Gasteiger partial charge on any atom is 0.315 e. The van der Waals surface area contributed by atoms with E-state index in [1.807, 2.05) is 6.07 Å². The van der Waals surface area contributed by atoms with Gasteiger partial charge in [-0.25, -0.2) is 4.79 Å². The fourth-order valence-corrected chi connectivity index (χ4v) is 2.54. The number of benzene rings is 1. The molecule has 0 bridgehead atoms. The van der Waals surface area contributed by atoms with Crippen LogP contribution in [0.5, 0.6) is 0 Å². The molecule has 0 saturated carbocycles.